The molecule has 0 unspecified atom stereocenters. The molecule has 5 nitrogen and oxygen atoms in total. The summed E-state index contributed by atoms with van der Waals surface area (Å²) in [6, 6.07) is 5.24. The molecule has 0 atom stereocenters. The third-order valence-corrected chi connectivity index (χ3v) is 2.08. The monoisotopic (exact) mass is 206 g/mol. The molecule has 2 aromatic heterocycles. The standard InChI is InChI=1S/C8H3ClN4O/c9-4-1-2-5-6(3-4)11-8-7(10-5)12-14-13-8/h1-3H. The molecule has 6 heteroatoms. The summed E-state index contributed by atoms with van der Waals surface area (Å²) in [5, 5.41) is 7.81. The summed E-state index contributed by atoms with van der Waals surface area (Å²) < 4.78 is 4.51. The van der Waals surface area contributed by atoms with Crippen LogP contribution >= 0.6 is 11.6 Å². The zero-order valence-corrected chi connectivity index (χ0v) is 7.56. The van der Waals surface area contributed by atoms with E-state index in [0.29, 0.717) is 21.8 Å². The SMILES string of the molecule is Clc1ccc2nc3nonc3nc2c1. The minimum atomic E-state index is 0.389. The van der Waals surface area contributed by atoms with Gasteiger partial charge in [-0.2, -0.15) is 0 Å². The lowest BCUT2D eigenvalue weighted by molar-refractivity contribution is 0.314. The number of rotatable bonds is 0. The molecule has 0 saturated carbocycles. The van der Waals surface area contributed by atoms with E-state index in [2.05, 4.69) is 24.9 Å². The van der Waals surface area contributed by atoms with Gasteiger partial charge in [0.2, 0.25) is 11.3 Å². The number of benzene rings is 1. The molecule has 0 saturated heterocycles. The fraction of sp³-hybridized carbons (Fsp3) is 0. The molecular weight excluding hydrogens is 204 g/mol. The van der Waals surface area contributed by atoms with Gasteiger partial charge in [-0.05, 0) is 28.5 Å². The highest BCUT2D eigenvalue weighted by molar-refractivity contribution is 6.31. The summed E-state index contributed by atoms with van der Waals surface area (Å²) in [5.74, 6) is 0. The molecule has 3 rings (SSSR count). The van der Waals surface area contributed by atoms with Gasteiger partial charge in [0.05, 0.1) is 11.0 Å². The third kappa shape index (κ3) is 1.03. The van der Waals surface area contributed by atoms with Crippen LogP contribution in [0.25, 0.3) is 22.3 Å². The van der Waals surface area contributed by atoms with Crippen LogP contribution in [0.4, 0.5) is 0 Å². The molecule has 68 valence electrons. The van der Waals surface area contributed by atoms with Gasteiger partial charge in [0, 0.05) is 5.02 Å². The van der Waals surface area contributed by atoms with E-state index < -0.39 is 0 Å². The van der Waals surface area contributed by atoms with Gasteiger partial charge in [0.15, 0.2) is 0 Å². The molecule has 1 aromatic carbocycles. The van der Waals surface area contributed by atoms with E-state index in [-0.39, 0.29) is 0 Å². The van der Waals surface area contributed by atoms with Crippen LogP contribution in [0.1, 0.15) is 0 Å². The van der Waals surface area contributed by atoms with Crippen molar-refractivity contribution >= 4 is 33.9 Å². The van der Waals surface area contributed by atoms with Crippen LogP contribution in [0.15, 0.2) is 22.8 Å². The molecule has 0 fully saturated rings. The molecule has 3 aromatic rings. The van der Waals surface area contributed by atoms with Crippen molar-refractivity contribution in [2.45, 2.75) is 0 Å². The Kier molecular flexibility index (Phi) is 1.43. The first-order chi connectivity index (χ1) is 6.83. The minimum absolute atomic E-state index is 0.389. The predicted molar refractivity (Wildman–Crippen MR) is 49.9 cm³/mol. The third-order valence-electron chi connectivity index (χ3n) is 1.84. The lowest BCUT2D eigenvalue weighted by atomic mass is 10.3. The van der Waals surface area contributed by atoms with Crippen molar-refractivity contribution in [2.75, 3.05) is 0 Å². The Morgan fingerprint density at radius 3 is 2.50 bits per heavy atom. The average molecular weight is 207 g/mol. The zero-order valence-electron chi connectivity index (χ0n) is 6.81. The highest BCUT2D eigenvalue weighted by atomic mass is 35.5. The van der Waals surface area contributed by atoms with Crippen molar-refractivity contribution in [3.63, 3.8) is 0 Å². The number of hydrogen-bond acceptors (Lipinski definition) is 5. The predicted octanol–water partition coefficient (Wildman–Crippen LogP) is 1.82. The second-order valence-electron chi connectivity index (χ2n) is 2.77. The van der Waals surface area contributed by atoms with Gasteiger partial charge in [0.1, 0.15) is 0 Å². The first-order valence-electron chi connectivity index (χ1n) is 3.88. The maximum atomic E-state index is 5.82. The molecule has 0 amide bonds. The Hall–Kier alpha value is -1.75. The molecule has 0 radical (unpaired) electrons. The van der Waals surface area contributed by atoms with Crippen LogP contribution in [-0.4, -0.2) is 20.3 Å². The Morgan fingerprint density at radius 1 is 1.00 bits per heavy atom. The number of fused-ring (bicyclic) bond motifs is 2. The van der Waals surface area contributed by atoms with Crippen molar-refractivity contribution < 1.29 is 4.63 Å². The fourth-order valence-corrected chi connectivity index (χ4v) is 1.40. The Morgan fingerprint density at radius 2 is 1.71 bits per heavy atom. The van der Waals surface area contributed by atoms with Crippen molar-refractivity contribution in [2.24, 2.45) is 0 Å². The number of nitrogens with zero attached hydrogens (tertiary/aromatic N) is 4. The van der Waals surface area contributed by atoms with E-state index in [9.17, 15) is 0 Å². The minimum Gasteiger partial charge on any atom is -0.240 e. The maximum absolute atomic E-state index is 5.82. The molecule has 2 heterocycles. The quantitative estimate of drug-likeness (QED) is 0.561. The van der Waals surface area contributed by atoms with Crippen LogP contribution < -0.4 is 0 Å². The Balaban J connectivity index is 2.50. The molecule has 0 aliphatic rings. The molecule has 0 N–H and O–H groups in total. The van der Waals surface area contributed by atoms with Gasteiger partial charge >= 0.3 is 0 Å². The van der Waals surface area contributed by atoms with Crippen LogP contribution in [0.3, 0.4) is 0 Å². The highest BCUT2D eigenvalue weighted by Gasteiger charge is 2.05. The molecule has 0 spiro atoms. The Bertz CT molecular complexity index is 621. The number of halogens is 1. The van der Waals surface area contributed by atoms with Gasteiger partial charge < -0.3 is 0 Å². The van der Waals surface area contributed by atoms with Crippen molar-refractivity contribution in [3.05, 3.63) is 23.2 Å². The molecule has 0 aliphatic heterocycles. The van der Waals surface area contributed by atoms with E-state index in [1.807, 2.05) is 0 Å². The number of hydrogen-bond donors (Lipinski definition) is 0. The van der Waals surface area contributed by atoms with Gasteiger partial charge in [-0.25, -0.2) is 14.6 Å². The van der Waals surface area contributed by atoms with Crippen molar-refractivity contribution in [1.82, 2.24) is 20.3 Å². The van der Waals surface area contributed by atoms with Crippen LogP contribution in [0, 0.1) is 0 Å². The summed E-state index contributed by atoms with van der Waals surface area (Å²) in [6.07, 6.45) is 0. The van der Waals surface area contributed by atoms with E-state index in [1.54, 1.807) is 18.2 Å². The van der Waals surface area contributed by atoms with Gasteiger partial charge in [-0.1, -0.05) is 11.6 Å². The highest BCUT2D eigenvalue weighted by Crippen LogP contribution is 2.17. The lowest BCUT2D eigenvalue weighted by Gasteiger charge is -1.94. The zero-order chi connectivity index (χ0) is 9.54. The van der Waals surface area contributed by atoms with Gasteiger partial charge in [-0.15, -0.1) is 0 Å². The molecule has 0 bridgehead atoms. The summed E-state index contributed by atoms with van der Waals surface area (Å²) >= 11 is 5.82. The first-order valence-corrected chi connectivity index (χ1v) is 4.26. The molecular formula is C8H3ClN4O. The first kappa shape index (κ1) is 7.64. The summed E-state index contributed by atoms with van der Waals surface area (Å²) in [7, 11) is 0. The summed E-state index contributed by atoms with van der Waals surface area (Å²) in [6.45, 7) is 0. The van der Waals surface area contributed by atoms with Crippen LogP contribution in [0.5, 0.6) is 0 Å². The summed E-state index contributed by atoms with van der Waals surface area (Å²) in [4.78, 5) is 8.37. The maximum Gasteiger partial charge on any atom is 0.243 e. The largest absolute Gasteiger partial charge is 0.243 e. The number of aromatic nitrogens is 4. The van der Waals surface area contributed by atoms with Crippen LogP contribution in [0.2, 0.25) is 5.02 Å². The van der Waals surface area contributed by atoms with Crippen LogP contribution in [-0.2, 0) is 0 Å². The van der Waals surface area contributed by atoms with Gasteiger partial charge in [0.25, 0.3) is 0 Å². The van der Waals surface area contributed by atoms with Crippen molar-refractivity contribution in [1.29, 1.82) is 0 Å². The lowest BCUT2D eigenvalue weighted by Crippen LogP contribution is -1.85. The second-order valence-corrected chi connectivity index (χ2v) is 3.20. The Labute approximate surface area is 82.7 Å². The average Bonchev–Trinajstić information content (AvgIpc) is 2.61. The molecule has 14 heavy (non-hydrogen) atoms. The van der Waals surface area contributed by atoms with E-state index in [0.717, 1.165) is 5.52 Å². The van der Waals surface area contributed by atoms with E-state index >= 15 is 0 Å². The molecule has 0 aliphatic carbocycles. The van der Waals surface area contributed by atoms with E-state index in [1.165, 1.54) is 0 Å². The fourth-order valence-electron chi connectivity index (χ4n) is 1.23. The smallest absolute Gasteiger partial charge is 0.240 e. The second kappa shape index (κ2) is 2.62. The summed E-state index contributed by atoms with van der Waals surface area (Å²) in [5.41, 5.74) is 2.19. The van der Waals surface area contributed by atoms with Crippen molar-refractivity contribution in [3.8, 4) is 0 Å². The van der Waals surface area contributed by atoms with Gasteiger partial charge in [-0.3, -0.25) is 0 Å². The topological polar surface area (TPSA) is 64.7 Å². The van der Waals surface area contributed by atoms with E-state index in [4.69, 9.17) is 11.6 Å². The normalized spacial score (nSPS) is 11.2.